The Morgan fingerprint density at radius 2 is 2.00 bits per heavy atom. The van der Waals surface area contributed by atoms with Gasteiger partial charge in [-0.2, -0.15) is 0 Å². The van der Waals surface area contributed by atoms with Crippen LogP contribution < -0.4 is 0 Å². The first-order valence-electron chi connectivity index (χ1n) is 6.58. The van der Waals surface area contributed by atoms with E-state index in [1.54, 1.807) is 12.1 Å². The average Bonchev–Trinajstić information content (AvgIpc) is 2.76. The highest BCUT2D eigenvalue weighted by Gasteiger charge is 2.24. The third kappa shape index (κ3) is 3.10. The molecule has 1 fully saturated rings. The van der Waals surface area contributed by atoms with Crippen molar-refractivity contribution in [2.24, 2.45) is 5.92 Å². The Morgan fingerprint density at radius 3 is 2.50 bits per heavy atom. The molecule has 3 nitrogen and oxygen atoms in total. The summed E-state index contributed by atoms with van der Waals surface area (Å²) in [5.41, 5.74) is 1.54. The second-order valence-corrected chi connectivity index (χ2v) is 5.49. The summed E-state index contributed by atoms with van der Waals surface area (Å²) >= 11 is 0. The highest BCUT2D eigenvalue weighted by atomic mass is 16.4. The van der Waals surface area contributed by atoms with Crippen LogP contribution >= 0.6 is 0 Å². The number of carboxylic acids is 1. The molecule has 3 heteroatoms. The minimum absolute atomic E-state index is 0.357. The Labute approximate surface area is 108 Å². The summed E-state index contributed by atoms with van der Waals surface area (Å²) in [6.45, 7) is 3.22. The van der Waals surface area contributed by atoms with Crippen LogP contribution in [0.2, 0.25) is 0 Å². The lowest BCUT2D eigenvalue weighted by Crippen LogP contribution is -2.28. The zero-order chi connectivity index (χ0) is 13.1. The van der Waals surface area contributed by atoms with Crippen molar-refractivity contribution in [3.63, 3.8) is 0 Å². The van der Waals surface area contributed by atoms with Gasteiger partial charge >= 0.3 is 5.97 Å². The number of aromatic carboxylic acids is 1. The molecule has 0 aliphatic heterocycles. The lowest BCUT2D eigenvalue weighted by atomic mass is 10.1. The number of hydrogen-bond acceptors (Lipinski definition) is 2. The molecule has 98 valence electrons. The van der Waals surface area contributed by atoms with Gasteiger partial charge in [-0.1, -0.05) is 19.1 Å². The molecule has 0 spiro atoms. The maximum Gasteiger partial charge on any atom is 0.335 e. The van der Waals surface area contributed by atoms with Crippen LogP contribution in [-0.2, 0) is 6.54 Å². The fraction of sp³-hybridized carbons (Fsp3) is 0.533. The van der Waals surface area contributed by atoms with Crippen molar-refractivity contribution < 1.29 is 9.90 Å². The molecule has 0 amide bonds. The molecule has 2 unspecified atom stereocenters. The van der Waals surface area contributed by atoms with Crippen LogP contribution in [0.5, 0.6) is 0 Å². The van der Waals surface area contributed by atoms with E-state index < -0.39 is 5.97 Å². The molecule has 18 heavy (non-hydrogen) atoms. The van der Waals surface area contributed by atoms with E-state index in [0.29, 0.717) is 11.6 Å². The lowest BCUT2D eigenvalue weighted by molar-refractivity contribution is 0.0697. The zero-order valence-electron chi connectivity index (χ0n) is 11.1. The molecular formula is C15H21NO2. The summed E-state index contributed by atoms with van der Waals surface area (Å²) in [6.07, 6.45) is 3.89. The van der Waals surface area contributed by atoms with Crippen molar-refractivity contribution in [3.05, 3.63) is 35.4 Å². The van der Waals surface area contributed by atoms with E-state index in [9.17, 15) is 4.79 Å². The Bertz CT molecular complexity index is 413. The third-order valence-electron chi connectivity index (χ3n) is 3.92. The SMILES string of the molecule is CC1CCC(N(C)Cc2ccc(C(=O)O)cc2)C1. The molecule has 1 aromatic carbocycles. The molecule has 0 radical (unpaired) electrons. The molecular weight excluding hydrogens is 226 g/mol. The molecule has 2 atom stereocenters. The van der Waals surface area contributed by atoms with Gasteiger partial charge < -0.3 is 5.11 Å². The maximum atomic E-state index is 10.8. The third-order valence-corrected chi connectivity index (χ3v) is 3.92. The van der Waals surface area contributed by atoms with Gasteiger partial charge in [-0.25, -0.2) is 4.79 Å². The summed E-state index contributed by atoms with van der Waals surface area (Å²) in [7, 11) is 2.16. The molecule has 2 rings (SSSR count). The molecule has 1 N–H and O–H groups in total. The number of nitrogens with zero attached hydrogens (tertiary/aromatic N) is 1. The van der Waals surface area contributed by atoms with Crippen molar-refractivity contribution in [1.29, 1.82) is 0 Å². The number of carboxylic acid groups (broad SMARTS) is 1. The van der Waals surface area contributed by atoms with Crippen LogP contribution in [0.3, 0.4) is 0 Å². The van der Waals surface area contributed by atoms with Gasteiger partial charge in [-0.15, -0.1) is 0 Å². The predicted octanol–water partition coefficient (Wildman–Crippen LogP) is 3.01. The maximum absolute atomic E-state index is 10.8. The van der Waals surface area contributed by atoms with Crippen molar-refractivity contribution in [1.82, 2.24) is 4.90 Å². The summed E-state index contributed by atoms with van der Waals surface area (Å²) in [5, 5.41) is 8.85. The number of rotatable bonds is 4. The van der Waals surface area contributed by atoms with E-state index >= 15 is 0 Å². The summed E-state index contributed by atoms with van der Waals surface area (Å²) in [4.78, 5) is 13.2. The predicted molar refractivity (Wildman–Crippen MR) is 71.7 cm³/mol. The summed E-state index contributed by atoms with van der Waals surface area (Å²) in [5.74, 6) is -0.0219. The Hall–Kier alpha value is -1.35. The van der Waals surface area contributed by atoms with Crippen molar-refractivity contribution >= 4 is 5.97 Å². The average molecular weight is 247 g/mol. The van der Waals surface area contributed by atoms with Crippen LogP contribution in [-0.4, -0.2) is 29.1 Å². The molecule has 1 aliphatic carbocycles. The molecule has 1 saturated carbocycles. The van der Waals surface area contributed by atoms with Gasteiger partial charge in [0.05, 0.1) is 5.56 Å². The largest absolute Gasteiger partial charge is 0.478 e. The van der Waals surface area contributed by atoms with E-state index in [1.807, 2.05) is 12.1 Å². The first-order valence-corrected chi connectivity index (χ1v) is 6.58. The monoisotopic (exact) mass is 247 g/mol. The van der Waals surface area contributed by atoms with Crippen molar-refractivity contribution in [2.45, 2.75) is 38.8 Å². The normalized spacial score (nSPS) is 23.5. The van der Waals surface area contributed by atoms with E-state index in [2.05, 4.69) is 18.9 Å². The minimum Gasteiger partial charge on any atom is -0.478 e. The van der Waals surface area contributed by atoms with Crippen LogP contribution in [0, 0.1) is 5.92 Å². The quantitative estimate of drug-likeness (QED) is 0.889. The van der Waals surface area contributed by atoms with Gasteiger partial charge in [0.1, 0.15) is 0 Å². The number of hydrogen-bond donors (Lipinski definition) is 1. The Balaban J connectivity index is 1.94. The van der Waals surface area contributed by atoms with Gasteiger partial charge in [0, 0.05) is 12.6 Å². The van der Waals surface area contributed by atoms with E-state index in [4.69, 9.17) is 5.11 Å². The summed E-state index contributed by atoms with van der Waals surface area (Å²) < 4.78 is 0. The number of benzene rings is 1. The highest BCUT2D eigenvalue weighted by Crippen LogP contribution is 2.28. The van der Waals surface area contributed by atoms with Crippen LogP contribution in [0.4, 0.5) is 0 Å². The fourth-order valence-corrected chi connectivity index (χ4v) is 2.75. The molecule has 1 aromatic rings. The van der Waals surface area contributed by atoms with E-state index in [-0.39, 0.29) is 0 Å². The molecule has 0 saturated heterocycles. The van der Waals surface area contributed by atoms with Crippen LogP contribution in [0.1, 0.15) is 42.1 Å². The van der Waals surface area contributed by atoms with E-state index in [1.165, 1.54) is 24.8 Å². The van der Waals surface area contributed by atoms with Crippen LogP contribution in [0.25, 0.3) is 0 Å². The molecule has 0 heterocycles. The van der Waals surface area contributed by atoms with Crippen molar-refractivity contribution in [2.75, 3.05) is 7.05 Å². The van der Waals surface area contributed by atoms with Crippen LogP contribution in [0.15, 0.2) is 24.3 Å². The van der Waals surface area contributed by atoms with Gasteiger partial charge in [0.2, 0.25) is 0 Å². The standard InChI is InChI=1S/C15H21NO2/c1-11-3-8-14(9-11)16(2)10-12-4-6-13(7-5-12)15(17)18/h4-7,11,14H,3,8-10H2,1-2H3,(H,17,18). The Kier molecular flexibility index (Phi) is 4.02. The smallest absolute Gasteiger partial charge is 0.335 e. The van der Waals surface area contributed by atoms with E-state index in [0.717, 1.165) is 12.5 Å². The summed E-state index contributed by atoms with van der Waals surface area (Å²) in [6, 6.07) is 7.88. The fourth-order valence-electron chi connectivity index (χ4n) is 2.75. The van der Waals surface area contributed by atoms with Gasteiger partial charge in [0.15, 0.2) is 0 Å². The van der Waals surface area contributed by atoms with Crippen molar-refractivity contribution in [3.8, 4) is 0 Å². The topological polar surface area (TPSA) is 40.5 Å². The highest BCUT2D eigenvalue weighted by molar-refractivity contribution is 5.87. The first-order chi connectivity index (χ1) is 8.56. The number of carbonyl (C=O) groups is 1. The van der Waals surface area contributed by atoms with Gasteiger partial charge in [-0.3, -0.25) is 4.90 Å². The molecule has 0 aromatic heterocycles. The van der Waals surface area contributed by atoms with Gasteiger partial charge in [0.25, 0.3) is 0 Å². The lowest BCUT2D eigenvalue weighted by Gasteiger charge is -2.24. The zero-order valence-corrected chi connectivity index (χ0v) is 11.1. The molecule has 1 aliphatic rings. The second kappa shape index (κ2) is 5.53. The minimum atomic E-state index is -0.862. The van der Waals surface area contributed by atoms with Gasteiger partial charge in [-0.05, 0) is 49.9 Å². The molecule has 0 bridgehead atoms. The Morgan fingerprint density at radius 1 is 1.33 bits per heavy atom. The first kappa shape index (κ1) is 13.1. The second-order valence-electron chi connectivity index (χ2n) is 5.49.